The lowest BCUT2D eigenvalue weighted by atomic mass is 9.83. The fourth-order valence-corrected chi connectivity index (χ4v) is 3.19. The van der Waals surface area contributed by atoms with Crippen LogP contribution in [0.3, 0.4) is 0 Å². The molecule has 0 saturated heterocycles. The largest absolute Gasteiger partial charge is 0.348 e. The highest BCUT2D eigenvalue weighted by Gasteiger charge is 2.24. The van der Waals surface area contributed by atoms with Crippen LogP contribution in [0.1, 0.15) is 55.9 Å². The monoisotopic (exact) mass is 252 g/mol. The first-order chi connectivity index (χ1) is 8.31. The minimum absolute atomic E-state index is 0.0105. The van der Waals surface area contributed by atoms with Crippen molar-refractivity contribution in [2.75, 3.05) is 0 Å². The maximum Gasteiger partial charge on any atom is 0.270 e. The maximum absolute atomic E-state index is 12.0. The molecule has 1 unspecified atom stereocenters. The van der Waals surface area contributed by atoms with Gasteiger partial charge in [-0.25, -0.2) is 4.98 Å². The van der Waals surface area contributed by atoms with Crippen LogP contribution in [0, 0.1) is 5.92 Å². The predicted molar refractivity (Wildman–Crippen MR) is 70.2 cm³/mol. The zero-order valence-corrected chi connectivity index (χ0v) is 11.1. The predicted octanol–water partition coefficient (Wildman–Crippen LogP) is 3.23. The number of nitrogens with one attached hydrogen (secondary N) is 1. The van der Waals surface area contributed by atoms with Crippen molar-refractivity contribution in [3.8, 4) is 0 Å². The van der Waals surface area contributed by atoms with E-state index < -0.39 is 0 Å². The molecule has 0 aromatic carbocycles. The Morgan fingerprint density at radius 1 is 1.53 bits per heavy atom. The second kappa shape index (κ2) is 6.15. The molecule has 0 radical (unpaired) electrons. The number of nitrogens with zero attached hydrogens (tertiary/aromatic N) is 1. The van der Waals surface area contributed by atoms with Gasteiger partial charge in [0.2, 0.25) is 0 Å². The quantitative estimate of drug-likeness (QED) is 0.894. The molecule has 4 heteroatoms. The fraction of sp³-hybridized carbons (Fsp3) is 0.692. The Hall–Kier alpha value is -0.900. The molecule has 0 aliphatic heterocycles. The second-order valence-electron chi connectivity index (χ2n) is 4.76. The van der Waals surface area contributed by atoms with Crippen molar-refractivity contribution in [2.45, 2.75) is 51.5 Å². The van der Waals surface area contributed by atoms with E-state index in [1.165, 1.54) is 43.4 Å². The van der Waals surface area contributed by atoms with E-state index in [4.69, 9.17) is 0 Å². The SMILES string of the molecule is CCC(NC(=O)c1cscn1)C1CCCCC1. The molecule has 1 amide bonds. The number of thiazole rings is 1. The molecule has 0 bridgehead atoms. The van der Waals surface area contributed by atoms with Gasteiger partial charge < -0.3 is 5.32 Å². The van der Waals surface area contributed by atoms with Gasteiger partial charge in [-0.1, -0.05) is 26.2 Å². The molecule has 1 atom stereocenters. The summed E-state index contributed by atoms with van der Waals surface area (Å²) in [5.74, 6) is 0.653. The van der Waals surface area contributed by atoms with Crippen LogP contribution in [0.2, 0.25) is 0 Å². The molecule has 1 aliphatic rings. The Labute approximate surface area is 107 Å². The van der Waals surface area contributed by atoms with Crippen LogP contribution in [0.15, 0.2) is 10.9 Å². The lowest BCUT2D eigenvalue weighted by molar-refractivity contribution is 0.0907. The van der Waals surface area contributed by atoms with E-state index in [2.05, 4.69) is 17.2 Å². The minimum atomic E-state index is -0.0105. The summed E-state index contributed by atoms with van der Waals surface area (Å²) < 4.78 is 0. The zero-order chi connectivity index (χ0) is 12.1. The number of amides is 1. The molecule has 1 saturated carbocycles. The van der Waals surface area contributed by atoms with Crippen molar-refractivity contribution in [1.29, 1.82) is 0 Å². The third-order valence-electron chi connectivity index (χ3n) is 3.64. The standard InChI is InChI=1S/C13H20N2OS/c1-2-11(10-6-4-3-5-7-10)15-13(16)12-8-17-9-14-12/h8-11H,2-7H2,1H3,(H,15,16). The van der Waals surface area contributed by atoms with Gasteiger partial charge >= 0.3 is 0 Å². The summed E-state index contributed by atoms with van der Waals surface area (Å²) in [5.41, 5.74) is 2.26. The maximum atomic E-state index is 12.0. The number of carbonyl (C=O) groups is 1. The Bertz CT molecular complexity index is 344. The zero-order valence-electron chi connectivity index (χ0n) is 10.3. The molecule has 1 aromatic heterocycles. The molecule has 1 aromatic rings. The van der Waals surface area contributed by atoms with E-state index in [1.54, 1.807) is 5.51 Å². The Morgan fingerprint density at radius 2 is 2.29 bits per heavy atom. The summed E-state index contributed by atoms with van der Waals surface area (Å²) in [5, 5.41) is 4.95. The molecule has 1 fully saturated rings. The molecule has 17 heavy (non-hydrogen) atoms. The minimum Gasteiger partial charge on any atom is -0.348 e. The summed E-state index contributed by atoms with van der Waals surface area (Å²) in [6.45, 7) is 2.15. The molecule has 94 valence electrons. The highest BCUT2D eigenvalue weighted by atomic mass is 32.1. The lowest BCUT2D eigenvalue weighted by Gasteiger charge is -2.30. The summed E-state index contributed by atoms with van der Waals surface area (Å²) in [6, 6.07) is 0.324. The van der Waals surface area contributed by atoms with E-state index in [1.807, 2.05) is 5.38 Å². The Morgan fingerprint density at radius 3 is 2.88 bits per heavy atom. The third kappa shape index (κ3) is 3.28. The summed E-state index contributed by atoms with van der Waals surface area (Å²) in [6.07, 6.45) is 7.51. The van der Waals surface area contributed by atoms with Gasteiger partial charge in [0, 0.05) is 11.4 Å². The Kier molecular flexibility index (Phi) is 4.54. The number of carbonyl (C=O) groups excluding carboxylic acids is 1. The van der Waals surface area contributed by atoms with Crippen molar-refractivity contribution in [1.82, 2.24) is 10.3 Å². The first kappa shape index (κ1) is 12.6. The van der Waals surface area contributed by atoms with Gasteiger partial charge in [-0.2, -0.15) is 0 Å². The van der Waals surface area contributed by atoms with Gasteiger partial charge in [-0.15, -0.1) is 11.3 Å². The van der Waals surface area contributed by atoms with Crippen LogP contribution in [0.25, 0.3) is 0 Å². The lowest BCUT2D eigenvalue weighted by Crippen LogP contribution is -2.40. The van der Waals surface area contributed by atoms with Crippen LogP contribution in [-0.4, -0.2) is 16.9 Å². The van der Waals surface area contributed by atoms with Crippen LogP contribution in [0.5, 0.6) is 0 Å². The molecule has 0 spiro atoms. The first-order valence-corrected chi connectivity index (χ1v) is 7.44. The summed E-state index contributed by atoms with van der Waals surface area (Å²) in [4.78, 5) is 16.0. The highest BCUT2D eigenvalue weighted by molar-refractivity contribution is 7.07. The van der Waals surface area contributed by atoms with Gasteiger partial charge in [0.1, 0.15) is 5.69 Å². The number of hydrogen-bond acceptors (Lipinski definition) is 3. The molecule has 2 rings (SSSR count). The highest BCUT2D eigenvalue weighted by Crippen LogP contribution is 2.27. The molecule has 3 nitrogen and oxygen atoms in total. The van der Waals surface area contributed by atoms with E-state index in [0.29, 0.717) is 17.7 Å². The van der Waals surface area contributed by atoms with E-state index in [9.17, 15) is 4.79 Å². The van der Waals surface area contributed by atoms with Gasteiger partial charge in [0.15, 0.2) is 0 Å². The van der Waals surface area contributed by atoms with Crippen LogP contribution >= 0.6 is 11.3 Å². The average molecular weight is 252 g/mol. The van der Waals surface area contributed by atoms with Crippen LogP contribution < -0.4 is 5.32 Å². The van der Waals surface area contributed by atoms with Crippen molar-refractivity contribution in [2.24, 2.45) is 5.92 Å². The Balaban J connectivity index is 1.92. The van der Waals surface area contributed by atoms with E-state index in [-0.39, 0.29) is 5.91 Å². The first-order valence-electron chi connectivity index (χ1n) is 6.50. The molecule has 1 N–H and O–H groups in total. The molecule has 1 aliphatic carbocycles. The molecule has 1 heterocycles. The van der Waals surface area contributed by atoms with Crippen molar-refractivity contribution in [3.05, 3.63) is 16.6 Å². The smallest absolute Gasteiger partial charge is 0.270 e. The van der Waals surface area contributed by atoms with Crippen molar-refractivity contribution < 1.29 is 4.79 Å². The summed E-state index contributed by atoms with van der Waals surface area (Å²) >= 11 is 1.47. The van der Waals surface area contributed by atoms with Gasteiger partial charge in [0.05, 0.1) is 5.51 Å². The van der Waals surface area contributed by atoms with E-state index >= 15 is 0 Å². The van der Waals surface area contributed by atoms with Gasteiger partial charge in [-0.3, -0.25) is 4.79 Å². The van der Waals surface area contributed by atoms with Crippen LogP contribution in [0.4, 0.5) is 0 Å². The number of rotatable bonds is 4. The van der Waals surface area contributed by atoms with Crippen LogP contribution in [-0.2, 0) is 0 Å². The molecular formula is C13H20N2OS. The molecular weight excluding hydrogens is 232 g/mol. The average Bonchev–Trinajstić information content (AvgIpc) is 2.90. The van der Waals surface area contributed by atoms with Gasteiger partial charge in [-0.05, 0) is 25.2 Å². The van der Waals surface area contributed by atoms with Crippen molar-refractivity contribution >= 4 is 17.2 Å². The van der Waals surface area contributed by atoms with E-state index in [0.717, 1.165) is 6.42 Å². The number of aromatic nitrogens is 1. The fourth-order valence-electron chi connectivity index (χ4n) is 2.66. The number of hydrogen-bond donors (Lipinski definition) is 1. The topological polar surface area (TPSA) is 42.0 Å². The second-order valence-corrected chi connectivity index (χ2v) is 5.48. The van der Waals surface area contributed by atoms with Crippen molar-refractivity contribution in [3.63, 3.8) is 0 Å². The normalized spacial score (nSPS) is 18.9. The van der Waals surface area contributed by atoms with Gasteiger partial charge in [0.25, 0.3) is 5.91 Å². The summed E-state index contributed by atoms with van der Waals surface area (Å²) in [7, 11) is 0. The third-order valence-corrected chi connectivity index (χ3v) is 4.23.